The minimum Gasteiger partial charge on any atom is -0.300 e. The number of ketones is 1. The van der Waals surface area contributed by atoms with E-state index in [0.29, 0.717) is 5.78 Å². The van der Waals surface area contributed by atoms with Crippen LogP contribution in [0.15, 0.2) is 0 Å². The number of Topliss-reactive ketones (excluding diaryl/α,β-unsaturated/α-hetero) is 1. The van der Waals surface area contributed by atoms with Crippen LogP contribution in [-0.2, 0) is 4.79 Å². The van der Waals surface area contributed by atoms with E-state index in [1.165, 1.54) is 38.5 Å². The molecule has 1 nitrogen and oxygen atoms in total. The van der Waals surface area contributed by atoms with E-state index in [1.807, 2.05) is 0 Å². The van der Waals surface area contributed by atoms with E-state index in [0.717, 1.165) is 56.3 Å². The molecule has 0 saturated heterocycles. The molecule has 2 rings (SSSR count). The summed E-state index contributed by atoms with van der Waals surface area (Å²) in [4.78, 5) is 11.3. The fourth-order valence-electron chi connectivity index (χ4n) is 4.09. The number of hydrogen-bond donors (Lipinski definition) is 0. The van der Waals surface area contributed by atoms with Gasteiger partial charge in [-0.15, -0.1) is 0 Å². The van der Waals surface area contributed by atoms with Gasteiger partial charge >= 0.3 is 0 Å². The van der Waals surface area contributed by atoms with Crippen LogP contribution in [0.2, 0.25) is 0 Å². The number of alkyl halides is 1. The predicted molar refractivity (Wildman–Crippen MR) is 76.9 cm³/mol. The summed E-state index contributed by atoms with van der Waals surface area (Å²) in [5.41, 5.74) is 0. The van der Waals surface area contributed by atoms with Crippen molar-refractivity contribution in [1.29, 1.82) is 0 Å². The first-order chi connectivity index (χ1) is 9.29. The monoisotopic (exact) mass is 268 g/mol. The van der Waals surface area contributed by atoms with Gasteiger partial charge in [-0.3, -0.25) is 9.18 Å². The normalized spacial score (nSPS) is 29.6. The van der Waals surface area contributed by atoms with E-state index in [4.69, 9.17) is 0 Å². The molecule has 0 spiro atoms. The summed E-state index contributed by atoms with van der Waals surface area (Å²) in [6, 6.07) is 0. The van der Waals surface area contributed by atoms with Gasteiger partial charge in [0.1, 0.15) is 5.78 Å². The second kappa shape index (κ2) is 8.01. The fourth-order valence-corrected chi connectivity index (χ4v) is 4.09. The van der Waals surface area contributed by atoms with Crippen LogP contribution in [-0.4, -0.2) is 12.5 Å². The highest BCUT2D eigenvalue weighted by atomic mass is 19.1. The minimum absolute atomic E-state index is 0.146. The Balaban J connectivity index is 1.61. The molecule has 2 aliphatic rings. The first-order valence-electron chi connectivity index (χ1n) is 8.37. The Kier molecular flexibility index (Phi) is 6.33. The molecule has 0 aromatic carbocycles. The number of carbonyl (C=O) groups is 1. The lowest BCUT2D eigenvalue weighted by Gasteiger charge is -2.35. The van der Waals surface area contributed by atoms with Gasteiger partial charge in [0.15, 0.2) is 0 Å². The van der Waals surface area contributed by atoms with Crippen molar-refractivity contribution < 1.29 is 9.18 Å². The van der Waals surface area contributed by atoms with E-state index < -0.39 is 0 Å². The summed E-state index contributed by atoms with van der Waals surface area (Å²) < 4.78 is 12.0. The molecular weight excluding hydrogens is 239 g/mol. The van der Waals surface area contributed by atoms with Crippen molar-refractivity contribution in [3.63, 3.8) is 0 Å². The van der Waals surface area contributed by atoms with E-state index in [-0.39, 0.29) is 6.67 Å². The molecule has 2 saturated carbocycles. The zero-order chi connectivity index (χ0) is 13.5. The summed E-state index contributed by atoms with van der Waals surface area (Å²) in [7, 11) is 0. The van der Waals surface area contributed by atoms with Crippen LogP contribution >= 0.6 is 0 Å². The van der Waals surface area contributed by atoms with Crippen molar-refractivity contribution in [2.75, 3.05) is 6.67 Å². The molecule has 0 aliphatic heterocycles. The average molecular weight is 268 g/mol. The number of rotatable bonds is 6. The number of unbranched alkanes of at least 4 members (excludes halogenated alkanes) is 2. The predicted octanol–water partition coefficient (Wildman–Crippen LogP) is 5.08. The Morgan fingerprint density at radius 3 is 2.11 bits per heavy atom. The molecule has 0 bridgehead atoms. The Bertz CT molecular complexity index is 258. The van der Waals surface area contributed by atoms with Crippen LogP contribution < -0.4 is 0 Å². The lowest BCUT2D eigenvalue weighted by Crippen LogP contribution is -2.25. The minimum atomic E-state index is -0.146. The smallest absolute Gasteiger partial charge is 0.132 e. The van der Waals surface area contributed by atoms with Crippen molar-refractivity contribution in [3.05, 3.63) is 0 Å². The molecule has 0 atom stereocenters. The molecule has 0 aromatic heterocycles. The van der Waals surface area contributed by atoms with Gasteiger partial charge in [0.05, 0.1) is 6.67 Å². The maximum absolute atomic E-state index is 12.0. The molecule has 19 heavy (non-hydrogen) atoms. The van der Waals surface area contributed by atoms with Crippen molar-refractivity contribution in [2.24, 2.45) is 17.8 Å². The Hall–Kier alpha value is -0.400. The van der Waals surface area contributed by atoms with Gasteiger partial charge in [-0.1, -0.05) is 32.1 Å². The van der Waals surface area contributed by atoms with Gasteiger partial charge in [-0.2, -0.15) is 0 Å². The SMILES string of the molecule is O=C1CCC(C2CCC(CCCCCF)CC2)CC1. The third kappa shape index (κ3) is 4.89. The van der Waals surface area contributed by atoms with Crippen LogP contribution in [0.5, 0.6) is 0 Å². The highest BCUT2D eigenvalue weighted by Crippen LogP contribution is 2.40. The average Bonchev–Trinajstić information content (AvgIpc) is 2.45. The Labute approximate surface area is 117 Å². The molecule has 2 heteroatoms. The summed E-state index contributed by atoms with van der Waals surface area (Å²) in [6.45, 7) is -0.146. The Morgan fingerprint density at radius 1 is 0.842 bits per heavy atom. The summed E-state index contributed by atoms with van der Waals surface area (Å²) in [6.07, 6.45) is 13.9. The van der Waals surface area contributed by atoms with Crippen molar-refractivity contribution >= 4 is 5.78 Å². The summed E-state index contributed by atoms with van der Waals surface area (Å²) in [5.74, 6) is 3.12. The maximum Gasteiger partial charge on any atom is 0.132 e. The summed E-state index contributed by atoms with van der Waals surface area (Å²) >= 11 is 0. The van der Waals surface area contributed by atoms with Crippen LogP contribution in [0.1, 0.15) is 77.0 Å². The number of hydrogen-bond acceptors (Lipinski definition) is 1. The highest BCUT2D eigenvalue weighted by molar-refractivity contribution is 5.79. The van der Waals surface area contributed by atoms with Gasteiger partial charge in [0.2, 0.25) is 0 Å². The number of carbonyl (C=O) groups excluding carboxylic acids is 1. The molecule has 2 aliphatic carbocycles. The number of halogens is 1. The molecule has 0 amide bonds. The maximum atomic E-state index is 12.0. The topological polar surface area (TPSA) is 17.1 Å². The first-order valence-corrected chi connectivity index (χ1v) is 8.37. The molecule has 0 N–H and O–H groups in total. The quantitative estimate of drug-likeness (QED) is 0.614. The molecular formula is C17H29FO. The molecule has 0 heterocycles. The van der Waals surface area contributed by atoms with Crippen molar-refractivity contribution in [3.8, 4) is 0 Å². The van der Waals surface area contributed by atoms with Crippen LogP contribution in [0.25, 0.3) is 0 Å². The van der Waals surface area contributed by atoms with Gasteiger partial charge in [-0.25, -0.2) is 0 Å². The standard InChI is InChI=1S/C17H29FO/c18-13-3-1-2-4-14-5-7-15(8-6-14)16-9-11-17(19)12-10-16/h14-16H,1-13H2. The Morgan fingerprint density at radius 2 is 1.47 bits per heavy atom. The molecule has 110 valence electrons. The van der Waals surface area contributed by atoms with Crippen LogP contribution in [0.3, 0.4) is 0 Å². The third-order valence-corrected chi connectivity index (χ3v) is 5.39. The molecule has 0 radical (unpaired) electrons. The second-order valence-corrected chi connectivity index (χ2v) is 6.70. The largest absolute Gasteiger partial charge is 0.300 e. The van der Waals surface area contributed by atoms with Gasteiger partial charge < -0.3 is 0 Å². The fraction of sp³-hybridized carbons (Fsp3) is 0.941. The summed E-state index contributed by atoms with van der Waals surface area (Å²) in [5, 5.41) is 0. The van der Waals surface area contributed by atoms with Gasteiger partial charge in [0, 0.05) is 12.8 Å². The van der Waals surface area contributed by atoms with Crippen LogP contribution in [0.4, 0.5) is 4.39 Å². The molecule has 2 fully saturated rings. The van der Waals surface area contributed by atoms with Crippen LogP contribution in [0, 0.1) is 17.8 Å². The van der Waals surface area contributed by atoms with Crippen molar-refractivity contribution in [2.45, 2.75) is 77.0 Å². The molecule has 0 aromatic rings. The van der Waals surface area contributed by atoms with E-state index in [9.17, 15) is 9.18 Å². The van der Waals surface area contributed by atoms with E-state index in [1.54, 1.807) is 0 Å². The third-order valence-electron chi connectivity index (χ3n) is 5.39. The lowest BCUT2D eigenvalue weighted by atomic mass is 9.70. The van der Waals surface area contributed by atoms with Crippen molar-refractivity contribution in [1.82, 2.24) is 0 Å². The zero-order valence-electron chi connectivity index (χ0n) is 12.2. The lowest BCUT2D eigenvalue weighted by molar-refractivity contribution is -0.121. The molecule has 0 unspecified atom stereocenters. The zero-order valence-corrected chi connectivity index (χ0v) is 12.2. The van der Waals surface area contributed by atoms with Gasteiger partial charge in [-0.05, 0) is 49.9 Å². The van der Waals surface area contributed by atoms with E-state index in [2.05, 4.69) is 0 Å². The van der Waals surface area contributed by atoms with E-state index >= 15 is 0 Å². The van der Waals surface area contributed by atoms with Gasteiger partial charge in [0.25, 0.3) is 0 Å². The highest BCUT2D eigenvalue weighted by Gasteiger charge is 2.29. The second-order valence-electron chi connectivity index (χ2n) is 6.70. The first kappa shape index (κ1) is 15.0.